The highest BCUT2D eigenvalue weighted by atomic mass is 16.6. The molecule has 2 N–H and O–H groups in total. The van der Waals surface area contributed by atoms with Gasteiger partial charge in [-0.15, -0.1) is 0 Å². The van der Waals surface area contributed by atoms with Gasteiger partial charge in [-0.3, -0.25) is 14.9 Å². The van der Waals surface area contributed by atoms with Gasteiger partial charge in [-0.25, -0.2) is 4.98 Å². The molecule has 2 aromatic rings. The predicted octanol–water partition coefficient (Wildman–Crippen LogP) is 1.07. The van der Waals surface area contributed by atoms with E-state index in [0.717, 1.165) is 5.69 Å². The van der Waals surface area contributed by atoms with E-state index < -0.39 is 4.92 Å². The van der Waals surface area contributed by atoms with Gasteiger partial charge in [-0.1, -0.05) is 0 Å². The van der Waals surface area contributed by atoms with Gasteiger partial charge in [0.15, 0.2) is 0 Å². The van der Waals surface area contributed by atoms with E-state index in [2.05, 4.69) is 15.3 Å². The number of imidazole rings is 1. The standard InChI is InChI=1S/C11H13N5O3/c1-2-15-6-9(16(18)19)3-10(15)11(17)13-5-8-4-12-7-14-8/h3-4,6-7H,2,5H2,1H3,(H,12,14)(H,13,17). The van der Waals surface area contributed by atoms with Crippen molar-refractivity contribution in [3.05, 3.63) is 46.3 Å². The lowest BCUT2D eigenvalue weighted by Gasteiger charge is -2.05. The van der Waals surface area contributed by atoms with Crippen LogP contribution in [0.15, 0.2) is 24.8 Å². The number of carbonyl (C=O) groups is 1. The highest BCUT2D eigenvalue weighted by Gasteiger charge is 2.18. The van der Waals surface area contributed by atoms with Gasteiger partial charge >= 0.3 is 0 Å². The van der Waals surface area contributed by atoms with Crippen LogP contribution < -0.4 is 5.32 Å². The average Bonchev–Trinajstić information content (AvgIpc) is 3.04. The molecule has 0 unspecified atom stereocenters. The molecule has 0 aromatic carbocycles. The zero-order valence-electron chi connectivity index (χ0n) is 10.3. The Morgan fingerprint density at radius 2 is 2.42 bits per heavy atom. The summed E-state index contributed by atoms with van der Waals surface area (Å²) in [6.45, 7) is 2.59. The summed E-state index contributed by atoms with van der Waals surface area (Å²) in [7, 11) is 0. The monoisotopic (exact) mass is 263 g/mol. The first-order valence-corrected chi connectivity index (χ1v) is 5.71. The number of amides is 1. The molecule has 2 heterocycles. The molecule has 0 saturated heterocycles. The molecule has 19 heavy (non-hydrogen) atoms. The van der Waals surface area contributed by atoms with Crippen molar-refractivity contribution in [2.45, 2.75) is 20.0 Å². The number of nitrogens with one attached hydrogen (secondary N) is 2. The number of nitrogens with zero attached hydrogens (tertiary/aromatic N) is 3. The van der Waals surface area contributed by atoms with E-state index in [-0.39, 0.29) is 17.3 Å². The van der Waals surface area contributed by atoms with Gasteiger partial charge in [0.2, 0.25) is 0 Å². The minimum absolute atomic E-state index is 0.0893. The zero-order chi connectivity index (χ0) is 13.8. The number of rotatable bonds is 5. The summed E-state index contributed by atoms with van der Waals surface area (Å²) in [5, 5.41) is 13.4. The highest BCUT2D eigenvalue weighted by molar-refractivity contribution is 5.93. The third-order valence-electron chi connectivity index (χ3n) is 2.66. The molecule has 8 nitrogen and oxygen atoms in total. The van der Waals surface area contributed by atoms with Crippen molar-refractivity contribution >= 4 is 11.6 Å². The van der Waals surface area contributed by atoms with Crippen molar-refractivity contribution in [1.82, 2.24) is 19.9 Å². The van der Waals surface area contributed by atoms with Crippen LogP contribution in [0.25, 0.3) is 0 Å². The third-order valence-corrected chi connectivity index (χ3v) is 2.66. The van der Waals surface area contributed by atoms with Crippen LogP contribution in [0.5, 0.6) is 0 Å². The normalized spacial score (nSPS) is 10.4. The van der Waals surface area contributed by atoms with Crippen LogP contribution in [-0.2, 0) is 13.1 Å². The summed E-state index contributed by atoms with van der Waals surface area (Å²) in [5.41, 5.74) is 0.944. The maximum absolute atomic E-state index is 12.0. The van der Waals surface area contributed by atoms with Gasteiger partial charge in [0.25, 0.3) is 11.6 Å². The van der Waals surface area contributed by atoms with Crippen LogP contribution in [0.2, 0.25) is 0 Å². The largest absolute Gasteiger partial charge is 0.347 e. The fourth-order valence-electron chi connectivity index (χ4n) is 1.69. The van der Waals surface area contributed by atoms with E-state index in [0.29, 0.717) is 13.1 Å². The molecule has 2 aromatic heterocycles. The summed E-state index contributed by atoms with van der Waals surface area (Å²) >= 11 is 0. The SMILES string of the molecule is CCn1cc([N+](=O)[O-])cc1C(=O)NCc1cnc[nH]1. The first-order chi connectivity index (χ1) is 9.11. The third kappa shape index (κ3) is 2.79. The van der Waals surface area contributed by atoms with E-state index in [4.69, 9.17) is 0 Å². The van der Waals surface area contributed by atoms with Crippen molar-refractivity contribution in [3.8, 4) is 0 Å². The molecule has 0 fully saturated rings. The lowest BCUT2D eigenvalue weighted by atomic mass is 10.3. The Labute approximate surface area is 108 Å². The fraction of sp³-hybridized carbons (Fsp3) is 0.273. The molecule has 0 atom stereocenters. The van der Waals surface area contributed by atoms with Crippen LogP contribution in [-0.4, -0.2) is 25.4 Å². The Bertz CT molecular complexity index is 588. The lowest BCUT2D eigenvalue weighted by Crippen LogP contribution is -2.25. The summed E-state index contributed by atoms with van der Waals surface area (Å²) in [4.78, 5) is 28.8. The van der Waals surface area contributed by atoms with Crippen LogP contribution in [0.1, 0.15) is 23.1 Å². The van der Waals surface area contributed by atoms with Gasteiger partial charge in [-0.05, 0) is 6.92 Å². The summed E-state index contributed by atoms with van der Waals surface area (Å²) in [6, 6.07) is 1.27. The van der Waals surface area contributed by atoms with E-state index in [9.17, 15) is 14.9 Å². The van der Waals surface area contributed by atoms with Crippen molar-refractivity contribution in [1.29, 1.82) is 0 Å². The first-order valence-electron chi connectivity index (χ1n) is 5.71. The van der Waals surface area contributed by atoms with Gasteiger partial charge in [0.05, 0.1) is 29.7 Å². The zero-order valence-corrected chi connectivity index (χ0v) is 10.3. The quantitative estimate of drug-likeness (QED) is 0.621. The maximum atomic E-state index is 12.0. The summed E-state index contributed by atoms with van der Waals surface area (Å²) in [6.07, 6.45) is 4.47. The molecule has 0 saturated carbocycles. The maximum Gasteiger partial charge on any atom is 0.287 e. The Hall–Kier alpha value is -2.64. The van der Waals surface area contributed by atoms with Gasteiger partial charge in [0, 0.05) is 18.8 Å². The molecule has 1 amide bonds. The van der Waals surface area contributed by atoms with Crippen molar-refractivity contribution in [2.24, 2.45) is 0 Å². The Morgan fingerprint density at radius 3 is 3.00 bits per heavy atom. The number of nitro groups is 1. The van der Waals surface area contributed by atoms with E-state index in [1.165, 1.54) is 18.6 Å². The molecule has 0 aliphatic heterocycles. The smallest absolute Gasteiger partial charge is 0.287 e. The molecule has 0 aliphatic rings. The first kappa shape index (κ1) is 12.8. The summed E-state index contributed by atoms with van der Waals surface area (Å²) in [5.74, 6) is -0.357. The van der Waals surface area contributed by atoms with Crippen LogP contribution in [0, 0.1) is 10.1 Å². The van der Waals surface area contributed by atoms with Crippen molar-refractivity contribution < 1.29 is 9.72 Å². The predicted molar refractivity (Wildman–Crippen MR) is 66.5 cm³/mol. The number of hydrogen-bond acceptors (Lipinski definition) is 4. The Balaban J connectivity index is 2.11. The molecule has 2 rings (SSSR count). The van der Waals surface area contributed by atoms with Gasteiger partial charge < -0.3 is 14.9 Å². The van der Waals surface area contributed by atoms with Crippen LogP contribution in [0.4, 0.5) is 5.69 Å². The second-order valence-electron chi connectivity index (χ2n) is 3.89. The molecular formula is C11H13N5O3. The molecular weight excluding hydrogens is 250 g/mol. The Kier molecular flexibility index (Phi) is 3.60. The minimum atomic E-state index is -0.516. The molecule has 0 aliphatic carbocycles. The van der Waals surface area contributed by atoms with Gasteiger partial charge in [0.1, 0.15) is 5.69 Å². The highest BCUT2D eigenvalue weighted by Crippen LogP contribution is 2.16. The van der Waals surface area contributed by atoms with Crippen molar-refractivity contribution in [3.63, 3.8) is 0 Å². The number of hydrogen-bond donors (Lipinski definition) is 2. The van der Waals surface area contributed by atoms with Crippen LogP contribution in [0.3, 0.4) is 0 Å². The Morgan fingerprint density at radius 1 is 1.63 bits per heavy atom. The second kappa shape index (κ2) is 5.34. The minimum Gasteiger partial charge on any atom is -0.347 e. The average molecular weight is 263 g/mol. The van der Waals surface area contributed by atoms with Gasteiger partial charge in [-0.2, -0.15) is 0 Å². The number of H-pyrrole nitrogens is 1. The van der Waals surface area contributed by atoms with E-state index >= 15 is 0 Å². The second-order valence-corrected chi connectivity index (χ2v) is 3.89. The number of carbonyl (C=O) groups excluding carboxylic acids is 1. The number of aromatic nitrogens is 3. The van der Waals surface area contributed by atoms with Crippen molar-refractivity contribution in [2.75, 3.05) is 0 Å². The molecule has 8 heteroatoms. The summed E-state index contributed by atoms with van der Waals surface area (Å²) < 4.78 is 1.54. The number of aryl methyl sites for hydroxylation is 1. The lowest BCUT2D eigenvalue weighted by molar-refractivity contribution is -0.384. The van der Waals surface area contributed by atoms with E-state index in [1.54, 1.807) is 10.8 Å². The van der Waals surface area contributed by atoms with Crippen LogP contribution >= 0.6 is 0 Å². The molecule has 0 bridgehead atoms. The fourth-order valence-corrected chi connectivity index (χ4v) is 1.69. The number of aromatic amines is 1. The van der Waals surface area contributed by atoms with E-state index in [1.807, 2.05) is 6.92 Å². The molecule has 0 spiro atoms. The molecule has 0 radical (unpaired) electrons. The topological polar surface area (TPSA) is 106 Å². The molecule has 100 valence electrons.